The molecular weight excluding hydrogens is 202 g/mol. The summed E-state index contributed by atoms with van der Waals surface area (Å²) in [6, 6.07) is 0. The lowest BCUT2D eigenvalue weighted by Crippen LogP contribution is -2.43. The van der Waals surface area contributed by atoms with Gasteiger partial charge in [0.2, 0.25) is 0 Å². The van der Waals surface area contributed by atoms with Crippen molar-refractivity contribution in [2.45, 2.75) is 25.8 Å². The third-order valence-corrected chi connectivity index (χ3v) is 1.22. The molecule has 0 aliphatic heterocycles. The van der Waals surface area contributed by atoms with Gasteiger partial charge in [-0.3, -0.25) is 13.9 Å². The van der Waals surface area contributed by atoms with E-state index in [0.29, 0.717) is 6.42 Å². The minimum Gasteiger partial charge on any atom is -0.480 e. The normalized spacial score (nSPS) is 15.2. The van der Waals surface area contributed by atoms with E-state index in [2.05, 4.69) is 0 Å². The molecule has 0 aliphatic rings. The van der Waals surface area contributed by atoms with E-state index in [0.717, 1.165) is 0 Å². The highest BCUT2D eigenvalue weighted by molar-refractivity contribution is 7.79. The van der Waals surface area contributed by atoms with E-state index >= 15 is 0 Å². The van der Waals surface area contributed by atoms with Crippen LogP contribution < -0.4 is 5.73 Å². The van der Waals surface area contributed by atoms with Gasteiger partial charge in [0.05, 0.1) is 0 Å². The van der Waals surface area contributed by atoms with Gasteiger partial charge in [-0.1, -0.05) is 6.92 Å². The molecule has 0 unspecified atom stereocenters. The molecule has 0 aliphatic carbocycles. The van der Waals surface area contributed by atoms with Crippen molar-refractivity contribution in [1.82, 2.24) is 0 Å². The highest BCUT2D eigenvalue weighted by atomic mass is 32.3. The van der Waals surface area contributed by atoms with E-state index in [-0.39, 0.29) is 0 Å². The summed E-state index contributed by atoms with van der Waals surface area (Å²) < 4.78 is 31.6. The van der Waals surface area contributed by atoms with Gasteiger partial charge in [0.25, 0.3) is 0 Å². The predicted molar refractivity (Wildman–Crippen MR) is 44.7 cm³/mol. The van der Waals surface area contributed by atoms with Crippen LogP contribution in [-0.4, -0.2) is 34.1 Å². The maximum absolute atomic E-state index is 10.1. The first-order valence-electron chi connectivity index (χ1n) is 3.23. The van der Waals surface area contributed by atoms with Crippen LogP contribution >= 0.6 is 0 Å². The highest BCUT2D eigenvalue weighted by Gasteiger charge is 2.24. The second-order valence-corrected chi connectivity index (χ2v) is 3.42. The zero-order valence-corrected chi connectivity index (χ0v) is 8.08. The van der Waals surface area contributed by atoms with Gasteiger partial charge < -0.3 is 10.8 Å². The Morgan fingerprint density at radius 2 is 1.69 bits per heavy atom. The van der Waals surface area contributed by atoms with Crippen molar-refractivity contribution in [1.29, 1.82) is 0 Å². The number of nitrogens with two attached hydrogens (primary N) is 1. The lowest BCUT2D eigenvalue weighted by Gasteiger charge is -2.14. The fourth-order valence-corrected chi connectivity index (χ4v) is 0.151. The number of hydrogen-bond acceptors (Lipinski definition) is 4. The van der Waals surface area contributed by atoms with Crippen LogP contribution in [0.4, 0.5) is 0 Å². The Morgan fingerprint density at radius 3 is 1.69 bits per heavy atom. The Hall–Kier alpha value is -0.700. The van der Waals surface area contributed by atoms with Crippen molar-refractivity contribution < 1.29 is 27.4 Å². The number of rotatable bonds is 2. The summed E-state index contributed by atoms with van der Waals surface area (Å²) >= 11 is 0. The standard InChI is InChI=1S/C5H11NO2.H2O4S/c1-3-5(2,6)4(7)8;1-5(2,3)4/h3,6H2,1-2H3,(H,7,8);(H2,1,2,3,4)/t5-;/m0./s1. The second-order valence-electron chi connectivity index (χ2n) is 2.52. The van der Waals surface area contributed by atoms with Gasteiger partial charge in [-0.2, -0.15) is 8.42 Å². The Bertz CT molecular complexity index is 248. The SMILES string of the molecule is CC[C@](C)(N)C(=O)O.O=S(=O)(O)O. The van der Waals surface area contributed by atoms with Crippen LogP contribution in [0.15, 0.2) is 0 Å². The molecule has 1 atom stereocenters. The average molecular weight is 215 g/mol. The summed E-state index contributed by atoms with van der Waals surface area (Å²) in [5, 5.41) is 8.32. The Morgan fingerprint density at radius 1 is 1.46 bits per heavy atom. The summed E-state index contributed by atoms with van der Waals surface area (Å²) in [6.45, 7) is 3.24. The van der Waals surface area contributed by atoms with E-state index < -0.39 is 21.9 Å². The van der Waals surface area contributed by atoms with Crippen LogP contribution in [0.5, 0.6) is 0 Å². The molecule has 7 nitrogen and oxygen atoms in total. The van der Waals surface area contributed by atoms with Crippen LogP contribution in [0.1, 0.15) is 20.3 Å². The molecule has 0 amide bonds. The zero-order chi connectivity index (χ0) is 11.3. The molecule has 13 heavy (non-hydrogen) atoms. The molecular formula is C5H13NO6S. The van der Waals surface area contributed by atoms with Crippen molar-refractivity contribution in [3.63, 3.8) is 0 Å². The van der Waals surface area contributed by atoms with Crippen molar-refractivity contribution >= 4 is 16.4 Å². The number of aliphatic carboxylic acids is 1. The molecule has 0 bridgehead atoms. The summed E-state index contributed by atoms with van der Waals surface area (Å²) in [5.41, 5.74) is 4.22. The van der Waals surface area contributed by atoms with Gasteiger partial charge in [0.1, 0.15) is 5.54 Å². The number of carbonyl (C=O) groups is 1. The van der Waals surface area contributed by atoms with Gasteiger partial charge >= 0.3 is 16.4 Å². The summed E-state index contributed by atoms with van der Waals surface area (Å²) in [4.78, 5) is 10.1. The van der Waals surface area contributed by atoms with E-state index in [1.54, 1.807) is 6.92 Å². The molecule has 0 saturated carbocycles. The lowest BCUT2D eigenvalue weighted by molar-refractivity contribution is -0.142. The number of carboxylic acids is 1. The first-order chi connectivity index (χ1) is 5.50. The van der Waals surface area contributed by atoms with E-state index in [1.165, 1.54) is 6.92 Å². The largest absolute Gasteiger partial charge is 0.480 e. The molecule has 0 aromatic rings. The smallest absolute Gasteiger partial charge is 0.394 e. The minimum atomic E-state index is -4.67. The van der Waals surface area contributed by atoms with Gasteiger partial charge in [-0.25, -0.2) is 0 Å². The predicted octanol–water partition coefficient (Wildman–Crippen LogP) is -0.454. The molecule has 0 rings (SSSR count). The van der Waals surface area contributed by atoms with Crippen LogP contribution in [0, 0.1) is 0 Å². The van der Waals surface area contributed by atoms with Crippen molar-refractivity contribution in [2.24, 2.45) is 5.73 Å². The van der Waals surface area contributed by atoms with Crippen molar-refractivity contribution in [3.05, 3.63) is 0 Å². The maximum atomic E-state index is 10.1. The molecule has 0 fully saturated rings. The Labute approximate surface area is 76.1 Å². The molecule has 0 heterocycles. The molecule has 0 saturated heterocycles. The van der Waals surface area contributed by atoms with Crippen LogP contribution in [0.25, 0.3) is 0 Å². The van der Waals surface area contributed by atoms with Gasteiger partial charge in [-0.05, 0) is 13.3 Å². The molecule has 80 valence electrons. The molecule has 0 aromatic heterocycles. The fraction of sp³-hybridized carbons (Fsp3) is 0.800. The highest BCUT2D eigenvalue weighted by Crippen LogP contribution is 2.02. The number of carboxylic acid groups (broad SMARTS) is 1. The van der Waals surface area contributed by atoms with E-state index in [9.17, 15) is 4.79 Å². The maximum Gasteiger partial charge on any atom is 0.394 e. The lowest BCUT2D eigenvalue weighted by atomic mass is 10.0. The summed E-state index contributed by atoms with van der Waals surface area (Å²) in [7, 11) is -4.67. The van der Waals surface area contributed by atoms with Crippen LogP contribution in [-0.2, 0) is 15.2 Å². The van der Waals surface area contributed by atoms with Gasteiger partial charge in [0.15, 0.2) is 0 Å². The zero-order valence-electron chi connectivity index (χ0n) is 7.26. The van der Waals surface area contributed by atoms with E-state index in [1.807, 2.05) is 0 Å². The van der Waals surface area contributed by atoms with Gasteiger partial charge in [0, 0.05) is 0 Å². The molecule has 0 radical (unpaired) electrons. The van der Waals surface area contributed by atoms with Crippen molar-refractivity contribution in [2.75, 3.05) is 0 Å². The molecule has 5 N–H and O–H groups in total. The first-order valence-corrected chi connectivity index (χ1v) is 4.62. The fourth-order valence-electron chi connectivity index (χ4n) is 0.151. The second kappa shape index (κ2) is 5.12. The third-order valence-electron chi connectivity index (χ3n) is 1.22. The number of hydrogen-bond donors (Lipinski definition) is 4. The summed E-state index contributed by atoms with van der Waals surface area (Å²) in [6.07, 6.45) is 0.461. The average Bonchev–Trinajstić information content (AvgIpc) is 1.83. The first kappa shape index (κ1) is 14.8. The van der Waals surface area contributed by atoms with Crippen molar-refractivity contribution in [3.8, 4) is 0 Å². The minimum absolute atomic E-state index is 0.461. The Kier molecular flexibility index (Phi) is 5.83. The quantitative estimate of drug-likeness (QED) is 0.457. The van der Waals surface area contributed by atoms with Gasteiger partial charge in [-0.15, -0.1) is 0 Å². The van der Waals surface area contributed by atoms with Crippen LogP contribution in [0.3, 0.4) is 0 Å². The Balaban J connectivity index is 0. The molecule has 8 heteroatoms. The molecule has 0 aromatic carbocycles. The molecule has 0 spiro atoms. The van der Waals surface area contributed by atoms with Crippen LogP contribution in [0.2, 0.25) is 0 Å². The van der Waals surface area contributed by atoms with E-state index in [4.69, 9.17) is 28.4 Å². The summed E-state index contributed by atoms with van der Waals surface area (Å²) in [5.74, 6) is -0.944. The monoisotopic (exact) mass is 215 g/mol. The topological polar surface area (TPSA) is 138 Å². The third kappa shape index (κ3) is 14.2.